The molecule has 126 valence electrons. The minimum absolute atomic E-state index is 0.159. The Bertz CT molecular complexity index is 315. The fourth-order valence-electron chi connectivity index (χ4n) is 3.62. The monoisotopic (exact) mass is 316 g/mol. The number of aliphatic hydroxyl groups excluding tert-OH is 1. The van der Waals surface area contributed by atoms with Gasteiger partial charge in [0.15, 0.2) is 0 Å². The number of rotatable bonds is 7. The predicted molar refractivity (Wildman–Crippen MR) is 90.6 cm³/mol. The Morgan fingerprint density at radius 1 is 1.24 bits per heavy atom. The zero-order valence-corrected chi connectivity index (χ0v) is 16.1. The van der Waals surface area contributed by atoms with Crippen molar-refractivity contribution in [3.8, 4) is 0 Å². The Hall–Kier alpha value is 0.0969. The van der Waals surface area contributed by atoms with Gasteiger partial charge < -0.3 is 14.0 Å². The molecule has 0 saturated heterocycles. The third-order valence-corrected chi connectivity index (χ3v) is 6.55. The van der Waals surface area contributed by atoms with Crippen LogP contribution in [0, 0.1) is 17.8 Å². The molecule has 1 N–H and O–H groups in total. The second-order valence-electron chi connectivity index (χ2n) is 8.22. The van der Waals surface area contributed by atoms with E-state index in [4.69, 9.17) is 14.0 Å². The van der Waals surface area contributed by atoms with Gasteiger partial charge in [-0.25, -0.2) is 0 Å². The molecule has 1 fully saturated rings. The van der Waals surface area contributed by atoms with E-state index in [9.17, 15) is 0 Å². The highest BCUT2D eigenvalue weighted by atomic mass is 28.4. The molecule has 0 aromatic carbocycles. The third-order valence-electron chi connectivity index (χ3n) is 4.63. The fourth-order valence-corrected chi connectivity index (χ4v) is 6.11. The predicted octanol–water partition coefficient (Wildman–Crippen LogP) is 4.34. The molecule has 0 aromatic rings. The van der Waals surface area contributed by atoms with Crippen LogP contribution < -0.4 is 0 Å². The minimum Gasteiger partial charge on any atom is -0.396 e. The van der Waals surface area contributed by atoms with Crippen molar-refractivity contribution in [1.82, 2.24) is 0 Å². The molecule has 1 rings (SSSR count). The van der Waals surface area contributed by atoms with Gasteiger partial charge in [-0.2, -0.15) is 0 Å². The molecule has 0 aromatic heterocycles. The molecule has 0 radical (unpaired) electrons. The summed E-state index contributed by atoms with van der Waals surface area (Å²) in [6.07, 6.45) is 4.74. The lowest BCUT2D eigenvalue weighted by atomic mass is 9.75. The second-order valence-corrected chi connectivity index (χ2v) is 11.5. The standard InChI is InChI=1S/C17H36O3Si/c1-13(2)15-9-8-14(3)12-16(15)19-21(6,7)20-17(4,5)10-11-18/h13-16,18H,8-12H2,1-7H3/t14-,15+,16-/m1/s1. The molecule has 0 bridgehead atoms. The number of hydrogen-bond acceptors (Lipinski definition) is 3. The van der Waals surface area contributed by atoms with Crippen molar-refractivity contribution in [2.75, 3.05) is 6.61 Å². The van der Waals surface area contributed by atoms with Gasteiger partial charge in [0.05, 0.1) is 11.7 Å². The summed E-state index contributed by atoms with van der Waals surface area (Å²) in [4.78, 5) is 0. The zero-order chi connectivity index (χ0) is 16.3. The van der Waals surface area contributed by atoms with E-state index in [0.29, 0.717) is 24.4 Å². The van der Waals surface area contributed by atoms with E-state index in [1.54, 1.807) is 0 Å². The Kier molecular flexibility index (Phi) is 6.91. The van der Waals surface area contributed by atoms with Crippen molar-refractivity contribution < 1.29 is 14.0 Å². The molecule has 1 saturated carbocycles. The summed E-state index contributed by atoms with van der Waals surface area (Å²) in [5.41, 5.74) is -0.307. The molecule has 0 spiro atoms. The first kappa shape index (κ1) is 19.1. The lowest BCUT2D eigenvalue weighted by Crippen LogP contribution is -2.49. The quantitative estimate of drug-likeness (QED) is 0.710. The van der Waals surface area contributed by atoms with Crippen LogP contribution in [0.1, 0.15) is 60.3 Å². The normalized spacial score (nSPS) is 28.1. The molecule has 1 aliphatic carbocycles. The van der Waals surface area contributed by atoms with Crippen molar-refractivity contribution in [3.05, 3.63) is 0 Å². The van der Waals surface area contributed by atoms with Crippen LogP contribution in [0.15, 0.2) is 0 Å². The van der Waals surface area contributed by atoms with Crippen LogP contribution in [0.3, 0.4) is 0 Å². The van der Waals surface area contributed by atoms with E-state index >= 15 is 0 Å². The van der Waals surface area contributed by atoms with E-state index in [1.807, 2.05) is 13.8 Å². The molecular weight excluding hydrogens is 280 g/mol. The summed E-state index contributed by atoms with van der Waals surface area (Å²) in [7, 11) is -2.19. The van der Waals surface area contributed by atoms with Crippen molar-refractivity contribution in [2.45, 2.75) is 85.1 Å². The molecule has 3 nitrogen and oxygen atoms in total. The van der Waals surface area contributed by atoms with Gasteiger partial charge in [-0.05, 0) is 64.0 Å². The minimum atomic E-state index is -2.19. The number of aliphatic hydroxyl groups is 1. The highest BCUT2D eigenvalue weighted by Crippen LogP contribution is 2.37. The Morgan fingerprint density at radius 3 is 2.38 bits per heavy atom. The summed E-state index contributed by atoms with van der Waals surface area (Å²) >= 11 is 0. The largest absolute Gasteiger partial charge is 0.396 e. The average Bonchev–Trinajstić information content (AvgIpc) is 2.25. The fraction of sp³-hybridized carbons (Fsp3) is 1.00. The van der Waals surface area contributed by atoms with Gasteiger partial charge in [-0.15, -0.1) is 0 Å². The van der Waals surface area contributed by atoms with Crippen LogP contribution in [0.5, 0.6) is 0 Å². The van der Waals surface area contributed by atoms with Crippen LogP contribution >= 0.6 is 0 Å². The van der Waals surface area contributed by atoms with Crippen molar-refractivity contribution in [3.63, 3.8) is 0 Å². The maximum Gasteiger partial charge on any atom is 0.332 e. The Labute approximate surface area is 132 Å². The topological polar surface area (TPSA) is 38.7 Å². The van der Waals surface area contributed by atoms with Gasteiger partial charge in [0.1, 0.15) is 0 Å². The van der Waals surface area contributed by atoms with Crippen molar-refractivity contribution >= 4 is 8.56 Å². The summed E-state index contributed by atoms with van der Waals surface area (Å²) < 4.78 is 12.8. The van der Waals surface area contributed by atoms with Crippen LogP contribution in [0.2, 0.25) is 13.1 Å². The van der Waals surface area contributed by atoms with Gasteiger partial charge in [0.2, 0.25) is 0 Å². The Morgan fingerprint density at radius 2 is 1.86 bits per heavy atom. The van der Waals surface area contributed by atoms with Gasteiger partial charge in [0, 0.05) is 6.61 Å². The smallest absolute Gasteiger partial charge is 0.332 e. The molecule has 1 aliphatic rings. The average molecular weight is 317 g/mol. The van der Waals surface area contributed by atoms with Crippen molar-refractivity contribution in [2.24, 2.45) is 17.8 Å². The molecule has 0 aliphatic heterocycles. The molecule has 4 heteroatoms. The van der Waals surface area contributed by atoms with E-state index in [-0.39, 0.29) is 12.2 Å². The van der Waals surface area contributed by atoms with Gasteiger partial charge in [0.25, 0.3) is 0 Å². The summed E-state index contributed by atoms with van der Waals surface area (Å²) in [6, 6.07) is 0. The highest BCUT2D eigenvalue weighted by Gasteiger charge is 2.39. The van der Waals surface area contributed by atoms with E-state index in [2.05, 4.69) is 33.9 Å². The van der Waals surface area contributed by atoms with Gasteiger partial charge in [-0.3, -0.25) is 0 Å². The first-order valence-electron chi connectivity index (χ1n) is 8.55. The van der Waals surface area contributed by atoms with Crippen LogP contribution in [-0.2, 0) is 8.85 Å². The molecule has 0 heterocycles. The van der Waals surface area contributed by atoms with E-state index in [0.717, 1.165) is 12.3 Å². The van der Waals surface area contributed by atoms with Gasteiger partial charge in [-0.1, -0.05) is 27.2 Å². The molecule has 3 atom stereocenters. The summed E-state index contributed by atoms with van der Waals surface area (Å²) in [5.74, 6) is 2.07. The SMILES string of the molecule is CC(C)[C@@H]1CC[C@@H](C)C[C@H]1O[Si](C)(C)OC(C)(C)CCO. The second kappa shape index (κ2) is 7.58. The molecule has 0 unspecified atom stereocenters. The summed E-state index contributed by atoms with van der Waals surface area (Å²) in [6.45, 7) is 15.5. The first-order valence-corrected chi connectivity index (χ1v) is 11.4. The van der Waals surface area contributed by atoms with Crippen molar-refractivity contribution in [1.29, 1.82) is 0 Å². The molecule has 0 amide bonds. The van der Waals surface area contributed by atoms with E-state index < -0.39 is 8.56 Å². The van der Waals surface area contributed by atoms with E-state index in [1.165, 1.54) is 12.8 Å². The first-order chi connectivity index (χ1) is 9.56. The summed E-state index contributed by atoms with van der Waals surface area (Å²) in [5, 5.41) is 9.16. The lowest BCUT2D eigenvalue weighted by molar-refractivity contribution is -0.0190. The zero-order valence-electron chi connectivity index (χ0n) is 15.1. The number of hydrogen-bond donors (Lipinski definition) is 1. The maximum absolute atomic E-state index is 9.16. The van der Waals surface area contributed by atoms with Gasteiger partial charge >= 0.3 is 8.56 Å². The maximum atomic E-state index is 9.16. The molecule has 21 heavy (non-hydrogen) atoms. The third kappa shape index (κ3) is 6.39. The lowest BCUT2D eigenvalue weighted by Gasteiger charge is -2.43. The Balaban J connectivity index is 2.70. The van der Waals surface area contributed by atoms with Crippen LogP contribution in [0.4, 0.5) is 0 Å². The van der Waals surface area contributed by atoms with Crippen LogP contribution in [-0.4, -0.2) is 32.0 Å². The van der Waals surface area contributed by atoms with Crippen LogP contribution in [0.25, 0.3) is 0 Å². The molecular formula is C17H36O3Si. The highest BCUT2D eigenvalue weighted by molar-refractivity contribution is 6.64.